The summed E-state index contributed by atoms with van der Waals surface area (Å²) in [6, 6.07) is 0. The molecule has 0 aliphatic carbocycles. The van der Waals surface area contributed by atoms with Crippen molar-refractivity contribution in [3.63, 3.8) is 0 Å². The van der Waals surface area contributed by atoms with Gasteiger partial charge in [0.1, 0.15) is 5.82 Å². The number of carboxylic acid groups (broad SMARTS) is 1. The van der Waals surface area contributed by atoms with Gasteiger partial charge >= 0.3 is 5.97 Å². The SMILES string of the molecule is CCCc1nc(C)c(CC(=O)O)n1C. The fraction of sp³-hybridized carbons (Fsp3) is 0.600. The molecule has 4 nitrogen and oxygen atoms in total. The minimum absolute atomic E-state index is 0.0546. The molecule has 0 atom stereocenters. The van der Waals surface area contributed by atoms with Gasteiger partial charge in [0.05, 0.1) is 17.8 Å². The van der Waals surface area contributed by atoms with Gasteiger partial charge in [-0.3, -0.25) is 4.79 Å². The first-order valence-electron chi connectivity index (χ1n) is 4.79. The van der Waals surface area contributed by atoms with Crippen molar-refractivity contribution in [2.75, 3.05) is 0 Å². The Kier molecular flexibility index (Phi) is 3.28. The van der Waals surface area contributed by atoms with Gasteiger partial charge in [0.25, 0.3) is 0 Å². The van der Waals surface area contributed by atoms with E-state index in [2.05, 4.69) is 11.9 Å². The number of carboxylic acids is 1. The topological polar surface area (TPSA) is 55.1 Å². The standard InChI is InChI=1S/C10H16N2O2/c1-4-5-9-11-7(2)8(12(9)3)6-10(13)14/h4-6H2,1-3H3,(H,13,14). The van der Waals surface area contributed by atoms with Crippen LogP contribution in [0.1, 0.15) is 30.6 Å². The van der Waals surface area contributed by atoms with Gasteiger partial charge in [-0.25, -0.2) is 4.98 Å². The quantitative estimate of drug-likeness (QED) is 0.789. The van der Waals surface area contributed by atoms with Gasteiger partial charge in [0.15, 0.2) is 0 Å². The fourth-order valence-corrected chi connectivity index (χ4v) is 1.57. The molecule has 0 aromatic carbocycles. The molecular weight excluding hydrogens is 180 g/mol. The number of imidazole rings is 1. The number of hydrogen-bond donors (Lipinski definition) is 1. The van der Waals surface area contributed by atoms with Gasteiger partial charge < -0.3 is 9.67 Å². The summed E-state index contributed by atoms with van der Waals surface area (Å²) < 4.78 is 1.90. The van der Waals surface area contributed by atoms with E-state index in [0.717, 1.165) is 30.1 Å². The summed E-state index contributed by atoms with van der Waals surface area (Å²) in [6.45, 7) is 3.94. The highest BCUT2D eigenvalue weighted by atomic mass is 16.4. The highest BCUT2D eigenvalue weighted by Gasteiger charge is 2.13. The van der Waals surface area contributed by atoms with Crippen LogP contribution in [0.2, 0.25) is 0 Å². The molecule has 0 saturated carbocycles. The van der Waals surface area contributed by atoms with Gasteiger partial charge in [-0.2, -0.15) is 0 Å². The predicted molar refractivity (Wildman–Crippen MR) is 53.3 cm³/mol. The number of rotatable bonds is 4. The summed E-state index contributed by atoms with van der Waals surface area (Å²) in [5.41, 5.74) is 1.64. The normalized spacial score (nSPS) is 10.5. The Bertz CT molecular complexity index is 342. The summed E-state index contributed by atoms with van der Waals surface area (Å²) in [5, 5.41) is 8.71. The van der Waals surface area contributed by atoms with Crippen LogP contribution in [0.25, 0.3) is 0 Å². The van der Waals surface area contributed by atoms with E-state index in [1.165, 1.54) is 0 Å². The van der Waals surface area contributed by atoms with Gasteiger partial charge in [0.2, 0.25) is 0 Å². The van der Waals surface area contributed by atoms with Gasteiger partial charge in [0, 0.05) is 13.5 Å². The predicted octanol–water partition coefficient (Wildman–Crippen LogP) is 1.31. The highest BCUT2D eigenvalue weighted by molar-refractivity contribution is 5.70. The van der Waals surface area contributed by atoms with Crippen LogP contribution >= 0.6 is 0 Å². The first-order valence-corrected chi connectivity index (χ1v) is 4.79. The van der Waals surface area contributed by atoms with Gasteiger partial charge in [-0.15, -0.1) is 0 Å². The van der Waals surface area contributed by atoms with Crippen molar-refractivity contribution in [2.45, 2.75) is 33.1 Å². The Morgan fingerprint density at radius 2 is 2.21 bits per heavy atom. The van der Waals surface area contributed by atoms with Crippen LogP contribution < -0.4 is 0 Å². The van der Waals surface area contributed by atoms with Crippen molar-refractivity contribution in [2.24, 2.45) is 7.05 Å². The number of hydrogen-bond acceptors (Lipinski definition) is 2. The van der Waals surface area contributed by atoms with Crippen molar-refractivity contribution >= 4 is 5.97 Å². The first kappa shape index (κ1) is 10.8. The second kappa shape index (κ2) is 4.26. The third kappa shape index (κ3) is 2.13. The zero-order valence-corrected chi connectivity index (χ0v) is 8.87. The number of nitrogens with zero attached hydrogens (tertiary/aromatic N) is 2. The van der Waals surface area contributed by atoms with E-state index in [9.17, 15) is 4.79 Å². The Balaban J connectivity index is 2.98. The molecular formula is C10H16N2O2. The molecule has 1 aromatic rings. The van der Waals surface area contributed by atoms with Crippen LogP contribution in [-0.4, -0.2) is 20.6 Å². The maximum atomic E-state index is 10.6. The van der Waals surface area contributed by atoms with Crippen molar-refractivity contribution in [1.82, 2.24) is 9.55 Å². The second-order valence-electron chi connectivity index (χ2n) is 3.44. The molecule has 0 radical (unpaired) electrons. The summed E-state index contributed by atoms with van der Waals surface area (Å²) in [7, 11) is 1.88. The monoisotopic (exact) mass is 196 g/mol. The first-order chi connectivity index (χ1) is 6.56. The average molecular weight is 196 g/mol. The lowest BCUT2D eigenvalue weighted by molar-refractivity contribution is -0.136. The Hall–Kier alpha value is -1.32. The van der Waals surface area contributed by atoms with Crippen molar-refractivity contribution in [1.29, 1.82) is 0 Å². The molecule has 1 rings (SSSR count). The summed E-state index contributed by atoms with van der Waals surface area (Å²) in [6.07, 6.45) is 1.98. The van der Waals surface area contributed by atoms with Gasteiger partial charge in [-0.1, -0.05) is 6.92 Å². The van der Waals surface area contributed by atoms with Crippen LogP contribution in [0.4, 0.5) is 0 Å². The Morgan fingerprint density at radius 3 is 2.71 bits per heavy atom. The summed E-state index contributed by atoms with van der Waals surface area (Å²) >= 11 is 0. The molecule has 0 unspecified atom stereocenters. The van der Waals surface area contributed by atoms with Crippen LogP contribution in [-0.2, 0) is 24.7 Å². The van der Waals surface area contributed by atoms with Crippen molar-refractivity contribution < 1.29 is 9.90 Å². The van der Waals surface area contributed by atoms with E-state index in [0.29, 0.717) is 0 Å². The maximum absolute atomic E-state index is 10.6. The molecule has 0 saturated heterocycles. The lowest BCUT2D eigenvalue weighted by Crippen LogP contribution is -2.08. The van der Waals surface area contributed by atoms with Gasteiger partial charge in [-0.05, 0) is 13.3 Å². The molecule has 1 N–H and O–H groups in total. The Labute approximate surface area is 83.6 Å². The van der Waals surface area contributed by atoms with E-state index in [1.807, 2.05) is 18.5 Å². The number of aryl methyl sites for hydroxylation is 2. The largest absolute Gasteiger partial charge is 0.481 e. The molecule has 1 aromatic heterocycles. The third-order valence-electron chi connectivity index (χ3n) is 2.30. The molecule has 4 heteroatoms. The van der Waals surface area contributed by atoms with Crippen molar-refractivity contribution in [3.8, 4) is 0 Å². The van der Waals surface area contributed by atoms with Crippen LogP contribution in [0.5, 0.6) is 0 Å². The smallest absolute Gasteiger partial charge is 0.309 e. The molecule has 0 spiro atoms. The maximum Gasteiger partial charge on any atom is 0.309 e. The molecule has 1 heterocycles. The number of aliphatic carboxylic acids is 1. The van der Waals surface area contributed by atoms with E-state index in [-0.39, 0.29) is 6.42 Å². The Morgan fingerprint density at radius 1 is 1.57 bits per heavy atom. The zero-order valence-electron chi connectivity index (χ0n) is 8.87. The second-order valence-corrected chi connectivity index (χ2v) is 3.44. The van der Waals surface area contributed by atoms with E-state index in [1.54, 1.807) is 0 Å². The molecule has 14 heavy (non-hydrogen) atoms. The lowest BCUT2D eigenvalue weighted by Gasteiger charge is -2.03. The molecule has 0 bridgehead atoms. The molecule has 0 aliphatic rings. The lowest BCUT2D eigenvalue weighted by atomic mass is 10.2. The minimum atomic E-state index is -0.806. The molecule has 78 valence electrons. The third-order valence-corrected chi connectivity index (χ3v) is 2.30. The number of aromatic nitrogens is 2. The van der Waals surface area contributed by atoms with Crippen LogP contribution in [0, 0.1) is 6.92 Å². The summed E-state index contributed by atoms with van der Waals surface area (Å²) in [5.74, 6) is 0.167. The van der Waals surface area contributed by atoms with E-state index >= 15 is 0 Å². The molecule has 0 fully saturated rings. The zero-order chi connectivity index (χ0) is 10.7. The highest BCUT2D eigenvalue weighted by Crippen LogP contribution is 2.11. The van der Waals surface area contributed by atoms with Crippen LogP contribution in [0.3, 0.4) is 0 Å². The average Bonchev–Trinajstić information content (AvgIpc) is 2.33. The molecule has 0 aliphatic heterocycles. The molecule has 0 amide bonds. The number of carbonyl (C=O) groups is 1. The van der Waals surface area contributed by atoms with Crippen molar-refractivity contribution in [3.05, 3.63) is 17.2 Å². The minimum Gasteiger partial charge on any atom is -0.481 e. The summed E-state index contributed by atoms with van der Waals surface area (Å²) in [4.78, 5) is 15.0. The van der Waals surface area contributed by atoms with E-state index < -0.39 is 5.97 Å². The fourth-order valence-electron chi connectivity index (χ4n) is 1.57. The van der Waals surface area contributed by atoms with Crippen LogP contribution in [0.15, 0.2) is 0 Å². The van der Waals surface area contributed by atoms with E-state index in [4.69, 9.17) is 5.11 Å².